The molecule has 2 aromatic rings. The Labute approximate surface area is 159 Å². The summed E-state index contributed by atoms with van der Waals surface area (Å²) in [6.45, 7) is 2.41. The molecule has 1 amide bonds. The number of carbonyl (C=O) groups excluding carboxylic acids is 1. The first-order valence-electron chi connectivity index (χ1n) is 9.11. The van der Waals surface area contributed by atoms with Crippen LogP contribution in [0, 0.1) is 5.82 Å². The van der Waals surface area contributed by atoms with Crippen LogP contribution in [0.4, 0.5) is 4.39 Å². The second-order valence-electron chi connectivity index (χ2n) is 6.55. The number of nitrogens with zero attached hydrogens (tertiary/aromatic N) is 1. The van der Waals surface area contributed by atoms with E-state index in [1.165, 1.54) is 11.6 Å². The highest BCUT2D eigenvalue weighted by atomic mass is 32.2. The molecular weight excluding hydrogens is 347 g/mol. The molecule has 0 spiro atoms. The average Bonchev–Trinajstić information content (AvgIpc) is 3.12. The summed E-state index contributed by atoms with van der Waals surface area (Å²) in [5.41, 5.74) is 1.96. The summed E-state index contributed by atoms with van der Waals surface area (Å²) in [5.74, 6) is 1.37. The van der Waals surface area contributed by atoms with E-state index in [1.54, 1.807) is 23.9 Å². The monoisotopic (exact) mass is 372 g/mol. The quantitative estimate of drug-likeness (QED) is 0.715. The van der Waals surface area contributed by atoms with Gasteiger partial charge in [0.2, 0.25) is 5.91 Å². The molecule has 0 radical (unpaired) electrons. The van der Waals surface area contributed by atoms with Crippen molar-refractivity contribution in [3.8, 4) is 0 Å². The van der Waals surface area contributed by atoms with Crippen LogP contribution in [-0.4, -0.2) is 35.7 Å². The van der Waals surface area contributed by atoms with Gasteiger partial charge in [-0.15, -0.1) is 0 Å². The second-order valence-corrected chi connectivity index (χ2v) is 7.65. The first kappa shape index (κ1) is 18.9. The minimum atomic E-state index is -0.161. The van der Waals surface area contributed by atoms with E-state index in [-0.39, 0.29) is 17.8 Å². The van der Waals surface area contributed by atoms with Crippen molar-refractivity contribution < 1.29 is 9.18 Å². The molecule has 2 aromatic carbocycles. The van der Waals surface area contributed by atoms with E-state index in [9.17, 15) is 9.18 Å². The summed E-state index contributed by atoms with van der Waals surface area (Å²) in [4.78, 5) is 14.8. The molecule has 1 atom stereocenters. The molecule has 1 aliphatic heterocycles. The molecule has 1 N–H and O–H groups in total. The Hall–Kier alpha value is -1.85. The zero-order valence-electron chi connectivity index (χ0n) is 14.9. The third-order valence-electron chi connectivity index (χ3n) is 4.66. The second kappa shape index (κ2) is 9.74. The third kappa shape index (κ3) is 5.32. The predicted molar refractivity (Wildman–Crippen MR) is 105 cm³/mol. The van der Waals surface area contributed by atoms with Crippen molar-refractivity contribution in [2.75, 3.05) is 18.8 Å². The molecule has 0 saturated carbocycles. The zero-order chi connectivity index (χ0) is 18.2. The number of benzene rings is 2. The number of amides is 1. The highest BCUT2D eigenvalue weighted by Crippen LogP contribution is 2.20. The minimum absolute atomic E-state index is 0.0354. The van der Waals surface area contributed by atoms with Gasteiger partial charge in [0.1, 0.15) is 5.82 Å². The molecule has 1 heterocycles. The summed E-state index contributed by atoms with van der Waals surface area (Å²) in [5, 5.41) is 3.05. The Morgan fingerprint density at radius 2 is 1.92 bits per heavy atom. The van der Waals surface area contributed by atoms with E-state index in [2.05, 4.69) is 22.3 Å². The highest BCUT2D eigenvalue weighted by Gasteiger charge is 2.30. The van der Waals surface area contributed by atoms with Gasteiger partial charge in [0, 0.05) is 24.6 Å². The number of nitrogens with one attached hydrogen (secondary N) is 1. The van der Waals surface area contributed by atoms with Gasteiger partial charge in [-0.25, -0.2) is 4.39 Å². The van der Waals surface area contributed by atoms with Crippen LogP contribution in [0.3, 0.4) is 0 Å². The molecule has 5 heteroatoms. The number of halogens is 1. The van der Waals surface area contributed by atoms with Crippen LogP contribution in [0.2, 0.25) is 0 Å². The van der Waals surface area contributed by atoms with Gasteiger partial charge >= 0.3 is 0 Å². The molecule has 1 fully saturated rings. The molecule has 1 aliphatic rings. The topological polar surface area (TPSA) is 32.3 Å². The lowest BCUT2D eigenvalue weighted by atomic mass is 10.1. The van der Waals surface area contributed by atoms with Gasteiger partial charge in [0.05, 0.1) is 6.04 Å². The highest BCUT2D eigenvalue weighted by molar-refractivity contribution is 7.98. The van der Waals surface area contributed by atoms with E-state index >= 15 is 0 Å². The zero-order valence-corrected chi connectivity index (χ0v) is 15.7. The van der Waals surface area contributed by atoms with Crippen LogP contribution in [0.1, 0.15) is 24.0 Å². The fraction of sp³-hybridized carbons (Fsp3) is 0.381. The third-order valence-corrected chi connectivity index (χ3v) is 5.66. The van der Waals surface area contributed by atoms with Crippen LogP contribution in [-0.2, 0) is 17.1 Å². The molecule has 26 heavy (non-hydrogen) atoms. The van der Waals surface area contributed by atoms with E-state index in [1.807, 2.05) is 24.3 Å². The van der Waals surface area contributed by atoms with Crippen LogP contribution in [0.5, 0.6) is 0 Å². The number of carbonyl (C=O) groups is 1. The van der Waals surface area contributed by atoms with E-state index in [4.69, 9.17) is 0 Å². The first-order valence-corrected chi connectivity index (χ1v) is 10.3. The van der Waals surface area contributed by atoms with Gasteiger partial charge in [-0.1, -0.05) is 48.5 Å². The number of hydrogen-bond acceptors (Lipinski definition) is 3. The average molecular weight is 373 g/mol. The van der Waals surface area contributed by atoms with Gasteiger partial charge in [-0.2, -0.15) is 11.8 Å². The summed E-state index contributed by atoms with van der Waals surface area (Å²) < 4.78 is 13.6. The van der Waals surface area contributed by atoms with E-state index in [0.717, 1.165) is 31.7 Å². The van der Waals surface area contributed by atoms with Crippen LogP contribution in [0.15, 0.2) is 54.6 Å². The molecule has 0 bridgehead atoms. The fourth-order valence-corrected chi connectivity index (χ4v) is 4.14. The molecule has 1 saturated heterocycles. The van der Waals surface area contributed by atoms with Gasteiger partial charge in [-0.3, -0.25) is 9.69 Å². The van der Waals surface area contributed by atoms with Crippen molar-refractivity contribution in [2.24, 2.45) is 0 Å². The summed E-state index contributed by atoms with van der Waals surface area (Å²) in [6, 6.07) is 17.1. The Kier molecular flexibility index (Phi) is 7.09. The van der Waals surface area contributed by atoms with Gasteiger partial charge in [-0.05, 0) is 36.6 Å². The van der Waals surface area contributed by atoms with Gasteiger partial charge in [0.15, 0.2) is 0 Å². The standard InChI is InChI=1S/C21H25FN2OS/c22-19-10-5-4-9-18(19)16-26-14-12-23-21(25)20-11-6-13-24(20)15-17-7-2-1-3-8-17/h1-5,7-10,20H,6,11-16H2,(H,23,25). The largest absolute Gasteiger partial charge is 0.354 e. The Morgan fingerprint density at radius 3 is 2.73 bits per heavy atom. The van der Waals surface area contributed by atoms with Crippen molar-refractivity contribution in [1.29, 1.82) is 0 Å². The Bertz CT molecular complexity index is 710. The van der Waals surface area contributed by atoms with E-state index in [0.29, 0.717) is 17.9 Å². The molecule has 1 unspecified atom stereocenters. The van der Waals surface area contributed by atoms with Crippen molar-refractivity contribution in [3.63, 3.8) is 0 Å². The smallest absolute Gasteiger partial charge is 0.237 e. The number of rotatable bonds is 8. The lowest BCUT2D eigenvalue weighted by Crippen LogP contribution is -2.43. The maximum absolute atomic E-state index is 13.6. The molecule has 138 valence electrons. The molecule has 3 rings (SSSR count). The van der Waals surface area contributed by atoms with Crippen LogP contribution < -0.4 is 5.32 Å². The van der Waals surface area contributed by atoms with E-state index < -0.39 is 0 Å². The summed E-state index contributed by atoms with van der Waals surface area (Å²) >= 11 is 1.64. The van der Waals surface area contributed by atoms with Crippen LogP contribution >= 0.6 is 11.8 Å². The SMILES string of the molecule is O=C(NCCSCc1ccccc1F)C1CCCN1Cc1ccccc1. The lowest BCUT2D eigenvalue weighted by Gasteiger charge is -2.23. The minimum Gasteiger partial charge on any atom is -0.354 e. The summed E-state index contributed by atoms with van der Waals surface area (Å²) in [7, 11) is 0. The maximum atomic E-state index is 13.6. The Balaban J connectivity index is 1.39. The summed E-state index contributed by atoms with van der Waals surface area (Å²) in [6.07, 6.45) is 1.98. The van der Waals surface area contributed by atoms with Crippen molar-refractivity contribution in [3.05, 3.63) is 71.5 Å². The fourth-order valence-electron chi connectivity index (χ4n) is 3.29. The van der Waals surface area contributed by atoms with Crippen molar-refractivity contribution in [2.45, 2.75) is 31.2 Å². The molecular formula is C21H25FN2OS. The number of likely N-dealkylation sites (tertiary alicyclic amines) is 1. The normalized spacial score (nSPS) is 17.3. The molecule has 0 aliphatic carbocycles. The van der Waals surface area contributed by atoms with Gasteiger partial charge in [0.25, 0.3) is 0 Å². The number of thioether (sulfide) groups is 1. The van der Waals surface area contributed by atoms with Crippen molar-refractivity contribution in [1.82, 2.24) is 10.2 Å². The van der Waals surface area contributed by atoms with Gasteiger partial charge < -0.3 is 5.32 Å². The molecule has 0 aromatic heterocycles. The Morgan fingerprint density at radius 1 is 1.15 bits per heavy atom. The molecule has 3 nitrogen and oxygen atoms in total. The maximum Gasteiger partial charge on any atom is 0.237 e. The first-order chi connectivity index (χ1) is 12.7. The number of hydrogen-bond donors (Lipinski definition) is 1. The van der Waals surface area contributed by atoms with Crippen LogP contribution in [0.25, 0.3) is 0 Å². The lowest BCUT2D eigenvalue weighted by molar-refractivity contribution is -0.125. The van der Waals surface area contributed by atoms with Crippen molar-refractivity contribution >= 4 is 17.7 Å². The predicted octanol–water partition coefficient (Wildman–Crippen LogP) is 3.84.